The molecule has 25 heavy (non-hydrogen) atoms. The minimum absolute atomic E-state index is 0.227. The fourth-order valence-corrected chi connectivity index (χ4v) is 3.80. The monoisotopic (exact) mass is 352 g/mol. The highest BCUT2D eigenvalue weighted by Gasteiger charge is 2.10. The van der Waals surface area contributed by atoms with Crippen molar-refractivity contribution < 1.29 is 9.18 Å². The summed E-state index contributed by atoms with van der Waals surface area (Å²) in [4.78, 5) is 17.1. The molecule has 3 aromatic rings. The second-order valence-electron chi connectivity index (χ2n) is 5.90. The molecule has 0 saturated carbocycles. The van der Waals surface area contributed by atoms with Crippen molar-refractivity contribution in [2.24, 2.45) is 4.99 Å². The number of terminal acetylenes is 1. The van der Waals surface area contributed by atoms with Crippen molar-refractivity contribution in [3.05, 3.63) is 63.7 Å². The van der Waals surface area contributed by atoms with E-state index in [2.05, 4.69) is 10.9 Å². The standard InChI is InChI=1S/C20H17FN2OS/c1-4-9-23-17-8-7-16(21)12-18(17)25-20(23)22-19(24)11-15-6-5-13(2)10-14(15)3/h1,5-8,10,12H,9,11H2,2-3H3. The van der Waals surface area contributed by atoms with Crippen LogP contribution < -0.4 is 4.80 Å². The summed E-state index contributed by atoms with van der Waals surface area (Å²) in [5.41, 5.74) is 3.96. The van der Waals surface area contributed by atoms with E-state index in [9.17, 15) is 9.18 Å². The quantitative estimate of drug-likeness (QED) is 0.661. The van der Waals surface area contributed by atoms with Crippen LogP contribution in [0.25, 0.3) is 10.2 Å². The van der Waals surface area contributed by atoms with E-state index in [1.165, 1.54) is 23.5 Å². The highest BCUT2D eigenvalue weighted by molar-refractivity contribution is 7.16. The molecule has 3 rings (SSSR count). The second kappa shape index (κ2) is 7.04. The van der Waals surface area contributed by atoms with Gasteiger partial charge in [0.15, 0.2) is 4.80 Å². The Bertz CT molecular complexity index is 1070. The van der Waals surface area contributed by atoms with Crippen LogP contribution in [-0.2, 0) is 17.8 Å². The van der Waals surface area contributed by atoms with E-state index >= 15 is 0 Å². The summed E-state index contributed by atoms with van der Waals surface area (Å²) in [6, 6.07) is 10.4. The van der Waals surface area contributed by atoms with Gasteiger partial charge in [-0.25, -0.2) is 4.39 Å². The molecule has 0 fully saturated rings. The minimum atomic E-state index is -0.324. The third-order valence-corrected chi connectivity index (χ3v) is 5.00. The molecule has 0 bridgehead atoms. The number of thiazole rings is 1. The Kier molecular flexibility index (Phi) is 4.82. The van der Waals surface area contributed by atoms with E-state index in [1.807, 2.05) is 32.0 Å². The molecule has 0 aliphatic carbocycles. The van der Waals surface area contributed by atoms with Gasteiger partial charge in [-0.1, -0.05) is 41.0 Å². The van der Waals surface area contributed by atoms with E-state index in [1.54, 1.807) is 10.6 Å². The molecule has 0 N–H and O–H groups in total. The molecule has 0 radical (unpaired) electrons. The predicted octanol–water partition coefficient (Wildman–Crippen LogP) is 3.76. The van der Waals surface area contributed by atoms with Gasteiger partial charge in [0.1, 0.15) is 5.82 Å². The third kappa shape index (κ3) is 3.70. The summed E-state index contributed by atoms with van der Waals surface area (Å²) in [5, 5.41) is 0. The Morgan fingerprint density at radius 1 is 1.28 bits per heavy atom. The zero-order chi connectivity index (χ0) is 18.0. The second-order valence-corrected chi connectivity index (χ2v) is 6.91. The van der Waals surface area contributed by atoms with E-state index in [4.69, 9.17) is 6.42 Å². The van der Waals surface area contributed by atoms with Crippen molar-refractivity contribution in [1.82, 2.24) is 4.57 Å². The summed E-state index contributed by atoms with van der Waals surface area (Å²) in [7, 11) is 0. The number of hydrogen-bond donors (Lipinski definition) is 0. The van der Waals surface area contributed by atoms with Crippen molar-refractivity contribution in [3.8, 4) is 12.3 Å². The van der Waals surface area contributed by atoms with Crippen molar-refractivity contribution >= 4 is 27.5 Å². The lowest BCUT2D eigenvalue weighted by Crippen LogP contribution is -2.17. The molecular formula is C20H17FN2OS. The highest BCUT2D eigenvalue weighted by atomic mass is 32.1. The molecule has 0 aliphatic heterocycles. The number of rotatable bonds is 3. The molecule has 0 spiro atoms. The van der Waals surface area contributed by atoms with Gasteiger partial charge in [-0.15, -0.1) is 6.42 Å². The number of aromatic nitrogens is 1. The predicted molar refractivity (Wildman–Crippen MR) is 98.8 cm³/mol. The maximum Gasteiger partial charge on any atom is 0.252 e. The van der Waals surface area contributed by atoms with Gasteiger partial charge in [0.05, 0.1) is 23.2 Å². The molecule has 2 aromatic carbocycles. The molecule has 3 nitrogen and oxygen atoms in total. The number of fused-ring (bicyclic) bond motifs is 1. The third-order valence-electron chi connectivity index (χ3n) is 3.95. The first kappa shape index (κ1) is 17.1. The first-order valence-electron chi connectivity index (χ1n) is 7.84. The van der Waals surface area contributed by atoms with Crippen molar-refractivity contribution in [2.75, 3.05) is 0 Å². The Morgan fingerprint density at radius 3 is 2.80 bits per heavy atom. The Labute approximate surface area is 149 Å². The molecule has 0 unspecified atom stereocenters. The van der Waals surface area contributed by atoms with Crippen LogP contribution in [0.2, 0.25) is 0 Å². The van der Waals surface area contributed by atoms with Crippen molar-refractivity contribution in [2.45, 2.75) is 26.8 Å². The lowest BCUT2D eigenvalue weighted by atomic mass is 10.0. The van der Waals surface area contributed by atoms with E-state index in [0.29, 0.717) is 9.50 Å². The molecule has 0 saturated heterocycles. The number of aryl methyl sites for hydroxylation is 2. The molecule has 1 amide bonds. The SMILES string of the molecule is C#CCn1c(=NC(=O)Cc2ccc(C)cc2C)sc2cc(F)ccc21. The van der Waals surface area contributed by atoms with Gasteiger partial charge in [-0.2, -0.15) is 4.99 Å². The zero-order valence-corrected chi connectivity index (χ0v) is 14.9. The van der Waals surface area contributed by atoms with Gasteiger partial charge in [-0.05, 0) is 43.2 Å². The van der Waals surface area contributed by atoms with Gasteiger partial charge in [0.2, 0.25) is 0 Å². The van der Waals surface area contributed by atoms with Gasteiger partial charge < -0.3 is 4.57 Å². The summed E-state index contributed by atoms with van der Waals surface area (Å²) in [6.45, 7) is 4.28. The fourth-order valence-electron chi connectivity index (χ4n) is 2.73. The van der Waals surface area contributed by atoms with Crippen LogP contribution in [0.15, 0.2) is 41.4 Å². The fraction of sp³-hybridized carbons (Fsp3) is 0.200. The summed E-state index contributed by atoms with van der Waals surface area (Å²) >= 11 is 1.26. The molecule has 5 heteroatoms. The number of carbonyl (C=O) groups is 1. The first-order chi connectivity index (χ1) is 12.0. The van der Waals surface area contributed by atoms with Crippen molar-refractivity contribution in [3.63, 3.8) is 0 Å². The van der Waals surface area contributed by atoms with Crippen LogP contribution in [0.1, 0.15) is 16.7 Å². The maximum absolute atomic E-state index is 13.5. The number of carbonyl (C=O) groups excluding carboxylic acids is 1. The lowest BCUT2D eigenvalue weighted by Gasteiger charge is -2.04. The van der Waals surface area contributed by atoms with Gasteiger partial charge in [0, 0.05) is 0 Å². The van der Waals surface area contributed by atoms with E-state index in [0.717, 1.165) is 22.2 Å². The summed E-state index contributed by atoms with van der Waals surface area (Å²) in [6.07, 6.45) is 5.66. The molecular weight excluding hydrogens is 335 g/mol. The summed E-state index contributed by atoms with van der Waals surface area (Å²) < 4.78 is 15.9. The number of amides is 1. The van der Waals surface area contributed by atoms with Crippen LogP contribution >= 0.6 is 11.3 Å². The van der Waals surface area contributed by atoms with Crippen LogP contribution in [0, 0.1) is 32.0 Å². The number of nitrogens with zero attached hydrogens (tertiary/aromatic N) is 2. The largest absolute Gasteiger partial charge is 0.305 e. The molecule has 126 valence electrons. The molecule has 0 atom stereocenters. The smallest absolute Gasteiger partial charge is 0.252 e. The van der Waals surface area contributed by atoms with E-state index < -0.39 is 0 Å². The number of halogens is 1. The van der Waals surface area contributed by atoms with Gasteiger partial charge in [0.25, 0.3) is 5.91 Å². The Hall–Kier alpha value is -2.71. The van der Waals surface area contributed by atoms with Gasteiger partial charge in [-0.3, -0.25) is 4.79 Å². The average molecular weight is 352 g/mol. The average Bonchev–Trinajstić information content (AvgIpc) is 2.87. The molecule has 1 heterocycles. The maximum atomic E-state index is 13.5. The highest BCUT2D eigenvalue weighted by Crippen LogP contribution is 2.18. The molecule has 0 aliphatic rings. The number of benzene rings is 2. The minimum Gasteiger partial charge on any atom is -0.305 e. The topological polar surface area (TPSA) is 34.4 Å². The Balaban J connectivity index is 2.01. The van der Waals surface area contributed by atoms with Crippen LogP contribution in [0.4, 0.5) is 4.39 Å². The number of hydrogen-bond acceptors (Lipinski definition) is 2. The van der Waals surface area contributed by atoms with E-state index in [-0.39, 0.29) is 24.7 Å². The van der Waals surface area contributed by atoms with Crippen molar-refractivity contribution in [1.29, 1.82) is 0 Å². The van der Waals surface area contributed by atoms with Crippen LogP contribution in [0.5, 0.6) is 0 Å². The zero-order valence-electron chi connectivity index (χ0n) is 14.0. The lowest BCUT2D eigenvalue weighted by molar-refractivity contribution is -0.117. The normalized spacial score (nSPS) is 11.7. The molecule has 1 aromatic heterocycles. The van der Waals surface area contributed by atoms with Gasteiger partial charge >= 0.3 is 0 Å². The Morgan fingerprint density at radius 2 is 2.08 bits per heavy atom. The first-order valence-corrected chi connectivity index (χ1v) is 8.65. The summed E-state index contributed by atoms with van der Waals surface area (Å²) in [5.74, 6) is 1.99. The van der Waals surface area contributed by atoms with Crippen LogP contribution in [0.3, 0.4) is 0 Å². The van der Waals surface area contributed by atoms with Crippen LogP contribution in [-0.4, -0.2) is 10.5 Å².